The molecule has 1 heterocycles. The lowest BCUT2D eigenvalue weighted by atomic mass is 9.95. The van der Waals surface area contributed by atoms with E-state index in [4.69, 9.17) is 19.5 Å². The van der Waals surface area contributed by atoms with E-state index in [2.05, 4.69) is 4.98 Å². The van der Waals surface area contributed by atoms with E-state index in [-0.39, 0.29) is 25.3 Å². The summed E-state index contributed by atoms with van der Waals surface area (Å²) in [5, 5.41) is 10.4. The molecule has 9 heteroatoms. The molecule has 7 nitrogen and oxygen atoms in total. The van der Waals surface area contributed by atoms with Crippen LogP contribution in [0, 0.1) is 0 Å². The summed E-state index contributed by atoms with van der Waals surface area (Å²) in [5.41, 5.74) is 10.5. The molecule has 0 fully saturated rings. The number of hydrogen-bond acceptors (Lipinski definition) is 8. The van der Waals surface area contributed by atoms with Crippen LogP contribution in [0.4, 0.5) is 5.13 Å². The molecule has 1 aromatic heterocycles. The third-order valence-corrected chi connectivity index (χ3v) is 7.38. The quantitative estimate of drug-likeness (QED) is 0.355. The summed E-state index contributed by atoms with van der Waals surface area (Å²) >= 11 is 1.45. The SMILES string of the molecule is CCOP(=O)(COc1ccc(-c2cccc(O)c2)c2c1-c1nc(N)sc1C2)OCC. The number of phenols is 1. The Kier molecular flexibility index (Phi) is 5.84. The number of ether oxygens (including phenoxy) is 1. The maximum absolute atomic E-state index is 12.8. The van der Waals surface area contributed by atoms with Crippen LogP contribution in [-0.4, -0.2) is 29.7 Å². The molecule has 4 rings (SSSR count). The summed E-state index contributed by atoms with van der Waals surface area (Å²) < 4.78 is 29.5. The van der Waals surface area contributed by atoms with Crippen LogP contribution < -0.4 is 10.5 Å². The number of nitrogens with zero attached hydrogens (tertiary/aromatic N) is 1. The second-order valence-electron chi connectivity index (χ2n) is 6.74. The zero-order valence-corrected chi connectivity index (χ0v) is 18.5. The van der Waals surface area contributed by atoms with Crippen LogP contribution in [0.15, 0.2) is 36.4 Å². The topological polar surface area (TPSA) is 104 Å². The fourth-order valence-electron chi connectivity index (χ4n) is 3.63. The molecular weight excluding hydrogens is 423 g/mol. The number of hydrogen-bond donors (Lipinski definition) is 2. The van der Waals surface area contributed by atoms with Gasteiger partial charge in [-0.25, -0.2) is 4.98 Å². The van der Waals surface area contributed by atoms with Gasteiger partial charge in [0.25, 0.3) is 0 Å². The predicted molar refractivity (Wildman–Crippen MR) is 118 cm³/mol. The molecule has 0 aliphatic heterocycles. The number of aromatic hydroxyl groups is 1. The van der Waals surface area contributed by atoms with Gasteiger partial charge in [0, 0.05) is 16.9 Å². The molecule has 2 aromatic carbocycles. The first-order valence-electron chi connectivity index (χ1n) is 9.66. The highest BCUT2D eigenvalue weighted by Crippen LogP contribution is 2.52. The minimum absolute atomic E-state index is 0.193. The number of benzene rings is 2. The van der Waals surface area contributed by atoms with E-state index >= 15 is 0 Å². The van der Waals surface area contributed by atoms with Crippen molar-refractivity contribution in [2.45, 2.75) is 20.3 Å². The van der Waals surface area contributed by atoms with Crippen molar-refractivity contribution < 1.29 is 23.5 Å². The zero-order chi connectivity index (χ0) is 21.3. The monoisotopic (exact) mass is 446 g/mol. The van der Waals surface area contributed by atoms with Crippen molar-refractivity contribution in [1.82, 2.24) is 4.98 Å². The molecule has 30 heavy (non-hydrogen) atoms. The molecule has 0 unspecified atom stereocenters. The number of anilines is 1. The van der Waals surface area contributed by atoms with E-state index < -0.39 is 7.60 Å². The standard InChI is InChI=1S/C21H23N2O5PS/c1-3-27-29(25,28-4-2)12-26-17-9-8-15(13-6-5-7-14(24)10-13)16-11-18-20(19(16)17)23-21(22)30-18/h5-10,24H,3-4,11-12H2,1-2H3,(H2,22,23). The largest absolute Gasteiger partial charge is 0.508 e. The summed E-state index contributed by atoms with van der Waals surface area (Å²) in [6.07, 6.45) is 0.470. The van der Waals surface area contributed by atoms with Gasteiger partial charge >= 0.3 is 7.60 Å². The van der Waals surface area contributed by atoms with E-state index in [0.29, 0.717) is 17.3 Å². The van der Waals surface area contributed by atoms with Gasteiger partial charge in [0.05, 0.1) is 18.9 Å². The lowest BCUT2D eigenvalue weighted by Gasteiger charge is -2.19. The molecule has 3 N–H and O–H groups in total. The minimum Gasteiger partial charge on any atom is -0.508 e. The van der Waals surface area contributed by atoms with Crippen LogP contribution >= 0.6 is 18.9 Å². The third-order valence-electron chi connectivity index (χ3n) is 4.75. The Hall–Kier alpha value is -2.38. The Balaban J connectivity index is 1.76. The van der Waals surface area contributed by atoms with Crippen LogP contribution in [0.5, 0.6) is 11.5 Å². The molecule has 0 saturated heterocycles. The molecule has 158 valence electrons. The Morgan fingerprint density at radius 3 is 2.67 bits per heavy atom. The summed E-state index contributed by atoms with van der Waals surface area (Å²) in [7, 11) is -3.36. The second-order valence-corrected chi connectivity index (χ2v) is 9.85. The van der Waals surface area contributed by atoms with Gasteiger partial charge in [-0.3, -0.25) is 4.57 Å². The van der Waals surface area contributed by atoms with Crippen molar-refractivity contribution in [3.63, 3.8) is 0 Å². The zero-order valence-electron chi connectivity index (χ0n) is 16.8. The van der Waals surface area contributed by atoms with E-state index in [1.54, 1.807) is 26.0 Å². The molecule has 3 aromatic rings. The van der Waals surface area contributed by atoms with E-state index in [1.165, 1.54) is 11.3 Å². The highest BCUT2D eigenvalue weighted by atomic mass is 32.1. The van der Waals surface area contributed by atoms with E-state index in [9.17, 15) is 9.67 Å². The lowest BCUT2D eigenvalue weighted by Crippen LogP contribution is -2.06. The van der Waals surface area contributed by atoms with Crippen LogP contribution in [-0.2, 0) is 20.0 Å². The van der Waals surface area contributed by atoms with Crippen LogP contribution in [0.25, 0.3) is 22.4 Å². The normalized spacial score (nSPS) is 12.6. The van der Waals surface area contributed by atoms with Crippen LogP contribution in [0.3, 0.4) is 0 Å². The fraction of sp³-hybridized carbons (Fsp3) is 0.286. The van der Waals surface area contributed by atoms with Crippen molar-refractivity contribution >= 4 is 24.1 Å². The Bertz CT molecular complexity index is 1120. The van der Waals surface area contributed by atoms with Gasteiger partial charge in [0.2, 0.25) is 0 Å². The Labute approximate surface area is 179 Å². The van der Waals surface area contributed by atoms with Crippen molar-refractivity contribution in [2.75, 3.05) is 25.3 Å². The molecule has 0 atom stereocenters. The van der Waals surface area contributed by atoms with Gasteiger partial charge in [-0.05, 0) is 48.7 Å². The molecule has 0 spiro atoms. The number of phenolic OH excluding ortho intramolecular Hbond substituents is 1. The lowest BCUT2D eigenvalue weighted by molar-refractivity contribution is 0.197. The third kappa shape index (κ3) is 3.96. The maximum atomic E-state index is 12.8. The highest BCUT2D eigenvalue weighted by molar-refractivity contribution is 7.53. The maximum Gasteiger partial charge on any atom is 0.367 e. The summed E-state index contributed by atoms with van der Waals surface area (Å²) in [6, 6.07) is 10.9. The summed E-state index contributed by atoms with van der Waals surface area (Å²) in [4.78, 5) is 5.55. The Morgan fingerprint density at radius 2 is 1.97 bits per heavy atom. The molecular formula is C21H23N2O5PS. The van der Waals surface area contributed by atoms with Crippen LogP contribution in [0.1, 0.15) is 24.3 Å². The van der Waals surface area contributed by atoms with Gasteiger partial charge in [-0.1, -0.05) is 18.2 Å². The molecule has 0 saturated carbocycles. The second kappa shape index (κ2) is 8.40. The Morgan fingerprint density at radius 1 is 1.20 bits per heavy atom. The van der Waals surface area contributed by atoms with Crippen molar-refractivity contribution in [3.8, 4) is 33.9 Å². The number of thiazole rings is 1. The number of rotatable bonds is 8. The summed E-state index contributed by atoms with van der Waals surface area (Å²) in [6.45, 7) is 4.06. The van der Waals surface area contributed by atoms with Crippen molar-refractivity contribution in [2.24, 2.45) is 0 Å². The number of aromatic nitrogens is 1. The first-order chi connectivity index (χ1) is 14.4. The van der Waals surface area contributed by atoms with Crippen molar-refractivity contribution in [3.05, 3.63) is 46.8 Å². The number of nitrogen functional groups attached to an aromatic ring is 1. The molecule has 1 aliphatic carbocycles. The minimum atomic E-state index is -3.36. The molecule has 0 bridgehead atoms. The smallest absolute Gasteiger partial charge is 0.367 e. The van der Waals surface area contributed by atoms with E-state index in [0.717, 1.165) is 32.8 Å². The number of nitrogens with two attached hydrogens (primary N) is 1. The molecule has 0 radical (unpaired) electrons. The van der Waals surface area contributed by atoms with Gasteiger partial charge in [-0.2, -0.15) is 0 Å². The molecule has 0 amide bonds. The molecule has 1 aliphatic rings. The van der Waals surface area contributed by atoms with E-state index in [1.807, 2.05) is 24.3 Å². The average Bonchev–Trinajstić information content (AvgIpc) is 3.23. The van der Waals surface area contributed by atoms with Gasteiger partial charge in [-0.15, -0.1) is 11.3 Å². The van der Waals surface area contributed by atoms with Gasteiger partial charge < -0.3 is 24.6 Å². The van der Waals surface area contributed by atoms with Crippen molar-refractivity contribution in [1.29, 1.82) is 0 Å². The predicted octanol–water partition coefficient (Wildman–Crippen LogP) is 5.27. The highest BCUT2D eigenvalue weighted by Gasteiger charge is 2.31. The first kappa shape index (κ1) is 20.9. The van der Waals surface area contributed by atoms with Crippen LogP contribution in [0.2, 0.25) is 0 Å². The average molecular weight is 446 g/mol. The van der Waals surface area contributed by atoms with Gasteiger partial charge in [0.15, 0.2) is 11.5 Å². The first-order valence-corrected chi connectivity index (χ1v) is 12.2. The number of fused-ring (bicyclic) bond motifs is 3. The van der Waals surface area contributed by atoms with Gasteiger partial charge in [0.1, 0.15) is 11.5 Å². The summed E-state index contributed by atoms with van der Waals surface area (Å²) in [5.74, 6) is 0.753. The fourth-order valence-corrected chi connectivity index (χ4v) is 5.79.